The van der Waals surface area contributed by atoms with Crippen molar-refractivity contribution in [1.29, 1.82) is 0 Å². The van der Waals surface area contributed by atoms with Crippen LogP contribution in [0.2, 0.25) is 0 Å². The van der Waals surface area contributed by atoms with Gasteiger partial charge in [-0.1, -0.05) is 13.8 Å². The Kier molecular flexibility index (Phi) is 7.18. The minimum absolute atomic E-state index is 0.194. The first-order valence-electron chi connectivity index (χ1n) is 7.07. The number of rotatable bonds is 10. The molecular weight excluding hydrogens is 276 g/mol. The number of hydrogen-bond donors (Lipinski definition) is 2. The smallest absolute Gasteiger partial charge is 0.211 e. The molecule has 0 atom stereocenters. The lowest BCUT2D eigenvalue weighted by Gasteiger charge is -2.08. The summed E-state index contributed by atoms with van der Waals surface area (Å²) in [6, 6.07) is 0.448. The number of sulfonamides is 1. The molecule has 6 nitrogen and oxygen atoms in total. The van der Waals surface area contributed by atoms with Gasteiger partial charge in [0.1, 0.15) is 0 Å². The number of hydrogen-bond acceptors (Lipinski definition) is 4. The highest BCUT2D eigenvalue weighted by Gasteiger charge is 2.09. The second-order valence-corrected chi connectivity index (χ2v) is 7.23. The number of nitrogens with one attached hydrogen (secondary N) is 2. The van der Waals surface area contributed by atoms with E-state index < -0.39 is 10.0 Å². The summed E-state index contributed by atoms with van der Waals surface area (Å²) in [5, 5.41) is 7.32. The van der Waals surface area contributed by atoms with Crippen LogP contribution < -0.4 is 10.0 Å². The molecule has 1 aromatic rings. The summed E-state index contributed by atoms with van der Waals surface area (Å²) in [6.45, 7) is 5.45. The molecule has 0 saturated heterocycles. The first-order valence-corrected chi connectivity index (χ1v) is 8.72. The summed E-state index contributed by atoms with van der Waals surface area (Å²) < 4.78 is 27.9. The molecule has 1 aromatic heterocycles. The SMILES string of the molecule is CC(C)NCCCCS(=O)(=O)NCCc1cnn(C)c1. The van der Waals surface area contributed by atoms with Crippen molar-refractivity contribution in [1.82, 2.24) is 19.8 Å². The topological polar surface area (TPSA) is 76.0 Å². The van der Waals surface area contributed by atoms with Crippen LogP contribution in [0, 0.1) is 0 Å². The van der Waals surface area contributed by atoms with Crippen LogP contribution in [0.25, 0.3) is 0 Å². The molecule has 0 saturated carbocycles. The number of aryl methyl sites for hydroxylation is 1. The van der Waals surface area contributed by atoms with E-state index in [1.54, 1.807) is 10.9 Å². The molecule has 0 aromatic carbocycles. The van der Waals surface area contributed by atoms with E-state index in [2.05, 4.69) is 29.0 Å². The predicted octanol–water partition coefficient (Wildman–Crippen LogP) is 0.660. The molecule has 1 rings (SSSR count). The Morgan fingerprint density at radius 1 is 1.30 bits per heavy atom. The Labute approximate surface area is 122 Å². The van der Waals surface area contributed by atoms with Crippen LogP contribution in [-0.2, 0) is 23.5 Å². The Bertz CT molecular complexity index is 482. The van der Waals surface area contributed by atoms with Crippen molar-refractivity contribution in [3.63, 3.8) is 0 Å². The van der Waals surface area contributed by atoms with E-state index in [1.807, 2.05) is 13.2 Å². The highest BCUT2D eigenvalue weighted by Crippen LogP contribution is 1.98. The average Bonchev–Trinajstić information content (AvgIpc) is 2.74. The van der Waals surface area contributed by atoms with Gasteiger partial charge in [-0.2, -0.15) is 5.10 Å². The summed E-state index contributed by atoms with van der Waals surface area (Å²) >= 11 is 0. The van der Waals surface area contributed by atoms with E-state index >= 15 is 0 Å². The number of nitrogens with zero attached hydrogens (tertiary/aromatic N) is 2. The second-order valence-electron chi connectivity index (χ2n) is 5.30. The lowest BCUT2D eigenvalue weighted by molar-refractivity contribution is 0.555. The molecule has 1 heterocycles. The number of unbranched alkanes of at least 4 members (excludes halogenated alkanes) is 1. The summed E-state index contributed by atoms with van der Waals surface area (Å²) in [5.41, 5.74) is 1.04. The van der Waals surface area contributed by atoms with Crippen molar-refractivity contribution in [3.8, 4) is 0 Å². The first kappa shape index (κ1) is 17.1. The molecule has 0 unspecified atom stereocenters. The standard InChI is InChI=1S/C13H26N4O2S/c1-12(2)14-7-4-5-9-20(18,19)16-8-6-13-10-15-17(3)11-13/h10-12,14,16H,4-9H2,1-3H3. The molecule has 0 amide bonds. The molecule has 0 aliphatic carbocycles. The van der Waals surface area contributed by atoms with Gasteiger partial charge < -0.3 is 5.32 Å². The van der Waals surface area contributed by atoms with Gasteiger partial charge in [-0.25, -0.2) is 13.1 Å². The zero-order valence-corrected chi connectivity index (χ0v) is 13.4. The fourth-order valence-corrected chi connectivity index (χ4v) is 2.97. The molecule has 0 bridgehead atoms. The van der Waals surface area contributed by atoms with Gasteiger partial charge in [-0.3, -0.25) is 4.68 Å². The van der Waals surface area contributed by atoms with Crippen LogP contribution in [0.4, 0.5) is 0 Å². The Morgan fingerprint density at radius 3 is 2.65 bits per heavy atom. The van der Waals surface area contributed by atoms with E-state index in [0.717, 1.165) is 18.5 Å². The molecular formula is C13H26N4O2S. The van der Waals surface area contributed by atoms with E-state index in [9.17, 15) is 8.42 Å². The molecule has 0 aliphatic rings. The third-order valence-electron chi connectivity index (χ3n) is 2.89. The van der Waals surface area contributed by atoms with E-state index in [0.29, 0.717) is 25.4 Å². The van der Waals surface area contributed by atoms with Gasteiger partial charge in [0.25, 0.3) is 0 Å². The van der Waals surface area contributed by atoms with Gasteiger partial charge in [0.15, 0.2) is 0 Å². The Hall–Kier alpha value is -0.920. The maximum atomic E-state index is 11.8. The summed E-state index contributed by atoms with van der Waals surface area (Å²) in [7, 11) is -1.30. The molecule has 0 radical (unpaired) electrons. The maximum absolute atomic E-state index is 11.8. The fraction of sp³-hybridized carbons (Fsp3) is 0.769. The molecule has 0 aliphatic heterocycles. The monoisotopic (exact) mass is 302 g/mol. The maximum Gasteiger partial charge on any atom is 0.211 e. The highest BCUT2D eigenvalue weighted by atomic mass is 32.2. The van der Waals surface area contributed by atoms with E-state index in [-0.39, 0.29) is 5.75 Å². The highest BCUT2D eigenvalue weighted by molar-refractivity contribution is 7.89. The van der Waals surface area contributed by atoms with E-state index in [1.165, 1.54) is 0 Å². The van der Waals surface area contributed by atoms with Crippen LogP contribution >= 0.6 is 0 Å². The van der Waals surface area contributed by atoms with Crippen LogP contribution in [-0.4, -0.2) is 43.1 Å². The summed E-state index contributed by atoms with van der Waals surface area (Å²) in [5.74, 6) is 0.194. The van der Waals surface area contributed by atoms with Crippen LogP contribution in [0.1, 0.15) is 32.3 Å². The Morgan fingerprint density at radius 2 is 2.05 bits per heavy atom. The molecule has 116 valence electrons. The van der Waals surface area contributed by atoms with Crippen molar-refractivity contribution < 1.29 is 8.42 Å². The zero-order chi connectivity index (χ0) is 15.0. The second kappa shape index (κ2) is 8.39. The van der Waals surface area contributed by atoms with Crippen LogP contribution in [0.3, 0.4) is 0 Å². The third-order valence-corrected chi connectivity index (χ3v) is 4.36. The molecule has 20 heavy (non-hydrogen) atoms. The minimum Gasteiger partial charge on any atom is -0.315 e. The van der Waals surface area contributed by atoms with Gasteiger partial charge in [-0.15, -0.1) is 0 Å². The lowest BCUT2D eigenvalue weighted by Crippen LogP contribution is -2.29. The largest absolute Gasteiger partial charge is 0.315 e. The molecule has 7 heteroatoms. The van der Waals surface area contributed by atoms with Gasteiger partial charge in [0.05, 0.1) is 11.9 Å². The van der Waals surface area contributed by atoms with Gasteiger partial charge in [0, 0.05) is 25.8 Å². The predicted molar refractivity (Wildman–Crippen MR) is 81.1 cm³/mol. The fourth-order valence-electron chi connectivity index (χ4n) is 1.83. The van der Waals surface area contributed by atoms with Crippen molar-refractivity contribution in [2.24, 2.45) is 7.05 Å². The number of aromatic nitrogens is 2. The van der Waals surface area contributed by atoms with Crippen molar-refractivity contribution in [2.45, 2.75) is 39.2 Å². The molecule has 0 fully saturated rings. The van der Waals surface area contributed by atoms with E-state index in [4.69, 9.17) is 0 Å². The van der Waals surface area contributed by atoms with Crippen molar-refractivity contribution in [3.05, 3.63) is 18.0 Å². The average molecular weight is 302 g/mol. The minimum atomic E-state index is -3.15. The zero-order valence-electron chi connectivity index (χ0n) is 12.6. The quantitative estimate of drug-likeness (QED) is 0.623. The third kappa shape index (κ3) is 7.62. The van der Waals surface area contributed by atoms with Crippen molar-refractivity contribution in [2.75, 3.05) is 18.8 Å². The first-order chi connectivity index (χ1) is 9.39. The Balaban J connectivity index is 2.14. The molecule has 2 N–H and O–H groups in total. The molecule has 0 spiro atoms. The van der Waals surface area contributed by atoms with Crippen LogP contribution in [0.15, 0.2) is 12.4 Å². The summed E-state index contributed by atoms with van der Waals surface area (Å²) in [4.78, 5) is 0. The van der Waals surface area contributed by atoms with Gasteiger partial charge in [0.2, 0.25) is 10.0 Å². The summed E-state index contributed by atoms with van der Waals surface area (Å²) in [6.07, 6.45) is 5.88. The van der Waals surface area contributed by atoms with Crippen LogP contribution in [0.5, 0.6) is 0 Å². The van der Waals surface area contributed by atoms with Gasteiger partial charge in [-0.05, 0) is 31.4 Å². The lowest BCUT2D eigenvalue weighted by atomic mass is 10.3. The normalized spacial score (nSPS) is 12.2. The van der Waals surface area contributed by atoms with Gasteiger partial charge >= 0.3 is 0 Å². The van der Waals surface area contributed by atoms with Crippen molar-refractivity contribution >= 4 is 10.0 Å².